The summed E-state index contributed by atoms with van der Waals surface area (Å²) in [6, 6.07) is 3.64. The molecule has 2 bridgehead atoms. The summed E-state index contributed by atoms with van der Waals surface area (Å²) in [5, 5.41) is 0. The summed E-state index contributed by atoms with van der Waals surface area (Å²) in [7, 11) is 0. The van der Waals surface area contributed by atoms with Crippen molar-refractivity contribution in [1.29, 1.82) is 0 Å². The zero-order valence-corrected chi connectivity index (χ0v) is 18.7. The monoisotopic (exact) mass is 450 g/mol. The Balaban J connectivity index is 1.47. The molecule has 0 spiro atoms. The molecule has 7 nitrogen and oxygen atoms in total. The Morgan fingerprint density at radius 3 is 2.73 bits per heavy atom. The van der Waals surface area contributed by atoms with E-state index < -0.39 is 11.5 Å². The molecule has 5 heterocycles. The van der Waals surface area contributed by atoms with Gasteiger partial charge in [0.05, 0.1) is 31.1 Å². The maximum absolute atomic E-state index is 15.0. The first kappa shape index (κ1) is 20.8. The topological polar surface area (TPSA) is 82.6 Å². The van der Waals surface area contributed by atoms with Crippen LogP contribution in [0.25, 0.3) is 11.4 Å². The second-order valence-corrected chi connectivity index (χ2v) is 9.67. The number of halogens is 1. The van der Waals surface area contributed by atoms with E-state index in [2.05, 4.69) is 21.3 Å². The number of primary amides is 1. The molecule has 8 heteroatoms. The van der Waals surface area contributed by atoms with E-state index >= 15 is 4.39 Å². The molecule has 1 saturated carbocycles. The second-order valence-electron chi connectivity index (χ2n) is 9.67. The summed E-state index contributed by atoms with van der Waals surface area (Å²) < 4.78 is 28.2. The van der Waals surface area contributed by atoms with Crippen molar-refractivity contribution in [2.24, 2.45) is 5.73 Å². The van der Waals surface area contributed by atoms with Crippen LogP contribution in [0, 0.1) is 17.7 Å². The van der Waals surface area contributed by atoms with E-state index in [1.165, 1.54) is 0 Å². The predicted octanol–water partition coefficient (Wildman–Crippen LogP) is 2.58. The van der Waals surface area contributed by atoms with Crippen molar-refractivity contribution >= 4 is 5.91 Å². The minimum atomic E-state index is -0.534. The molecule has 2 N–H and O–H groups in total. The van der Waals surface area contributed by atoms with Gasteiger partial charge in [-0.25, -0.2) is 9.37 Å². The molecule has 1 aromatic heterocycles. The van der Waals surface area contributed by atoms with Gasteiger partial charge in [0.2, 0.25) is 0 Å². The van der Waals surface area contributed by atoms with Gasteiger partial charge in [-0.15, -0.1) is 0 Å². The molecule has 1 unspecified atom stereocenters. The first-order chi connectivity index (χ1) is 15.9. The fourth-order valence-corrected chi connectivity index (χ4v) is 5.34. The Morgan fingerprint density at radius 2 is 2.06 bits per heavy atom. The highest BCUT2D eigenvalue weighted by Gasteiger charge is 2.42. The van der Waals surface area contributed by atoms with E-state index in [9.17, 15) is 4.79 Å². The molecule has 1 amide bonds. The summed E-state index contributed by atoms with van der Waals surface area (Å²) in [5.41, 5.74) is 8.53. The van der Waals surface area contributed by atoms with Gasteiger partial charge in [-0.05, 0) is 43.4 Å². The van der Waals surface area contributed by atoms with Gasteiger partial charge in [0.25, 0.3) is 5.91 Å². The summed E-state index contributed by atoms with van der Waals surface area (Å²) >= 11 is 0. The van der Waals surface area contributed by atoms with Crippen LogP contribution in [-0.4, -0.2) is 58.9 Å². The molecule has 1 aliphatic carbocycles. The number of rotatable bonds is 3. The normalized spacial score (nSPS) is 27.8. The average Bonchev–Trinajstić information content (AvgIpc) is 2.98. The Labute approximate surface area is 192 Å². The number of morpholine rings is 1. The largest absolute Gasteiger partial charge is 0.379 e. The lowest BCUT2D eigenvalue weighted by molar-refractivity contribution is -0.0912. The molecular formula is C25H27FN4O3. The average molecular weight is 451 g/mol. The van der Waals surface area contributed by atoms with Crippen LogP contribution in [0.5, 0.6) is 0 Å². The number of carbonyl (C=O) groups is 1. The number of ether oxygens (including phenoxy) is 2. The van der Waals surface area contributed by atoms with Gasteiger partial charge in [0.15, 0.2) is 5.69 Å². The van der Waals surface area contributed by atoms with Crippen LogP contribution in [0.2, 0.25) is 0 Å². The van der Waals surface area contributed by atoms with Crippen LogP contribution >= 0.6 is 0 Å². The number of benzene rings is 1. The third kappa shape index (κ3) is 3.46. The van der Waals surface area contributed by atoms with Gasteiger partial charge < -0.3 is 19.8 Å². The van der Waals surface area contributed by atoms with Crippen molar-refractivity contribution in [2.75, 3.05) is 32.9 Å². The summed E-state index contributed by atoms with van der Waals surface area (Å²) in [6.07, 6.45) is 2.65. The number of amides is 1. The van der Waals surface area contributed by atoms with Crippen molar-refractivity contribution in [2.45, 2.75) is 50.3 Å². The molecule has 2 saturated heterocycles. The number of nitrogens with zero attached hydrogens (tertiary/aromatic N) is 3. The first-order valence-electron chi connectivity index (χ1n) is 11.6. The lowest BCUT2D eigenvalue weighted by atomic mass is 9.75. The fraction of sp³-hybridized carbons (Fsp3) is 0.520. The van der Waals surface area contributed by atoms with Gasteiger partial charge in [0.1, 0.15) is 17.2 Å². The zero-order chi connectivity index (χ0) is 22.7. The molecule has 1 atom stereocenters. The second kappa shape index (κ2) is 7.66. The van der Waals surface area contributed by atoms with Gasteiger partial charge >= 0.3 is 0 Å². The molecule has 33 heavy (non-hydrogen) atoms. The molecule has 0 radical (unpaired) electrons. The highest BCUT2D eigenvalue weighted by atomic mass is 19.1. The number of hydrogen-bond acceptors (Lipinski definition) is 5. The van der Waals surface area contributed by atoms with Gasteiger partial charge in [0, 0.05) is 37.7 Å². The lowest BCUT2D eigenvalue weighted by Gasteiger charge is -2.36. The van der Waals surface area contributed by atoms with Crippen LogP contribution in [0.1, 0.15) is 65.5 Å². The Bertz CT molecular complexity index is 1190. The molecule has 4 aliphatic heterocycles. The van der Waals surface area contributed by atoms with Crippen molar-refractivity contribution < 1.29 is 18.7 Å². The highest BCUT2D eigenvalue weighted by Crippen LogP contribution is 2.53. The predicted molar refractivity (Wildman–Crippen MR) is 119 cm³/mol. The number of imidazole rings is 1. The summed E-state index contributed by atoms with van der Waals surface area (Å²) in [4.78, 5) is 19.4. The van der Waals surface area contributed by atoms with Gasteiger partial charge in [-0.3, -0.25) is 9.69 Å². The van der Waals surface area contributed by atoms with Crippen molar-refractivity contribution in [1.82, 2.24) is 14.5 Å². The SMILES string of the molecule is CC1(C#Cc2cc3c(cc2F)C2CC(C2)n2c-3nc(C(N)=O)c2CN2CCOCC2)CCO1. The van der Waals surface area contributed by atoms with Crippen LogP contribution < -0.4 is 5.73 Å². The van der Waals surface area contributed by atoms with E-state index in [4.69, 9.17) is 20.2 Å². The third-order valence-corrected chi connectivity index (χ3v) is 7.48. The lowest BCUT2D eigenvalue weighted by Crippen LogP contribution is -2.38. The minimum absolute atomic E-state index is 0.230. The Morgan fingerprint density at radius 1 is 1.30 bits per heavy atom. The molecular weight excluding hydrogens is 423 g/mol. The van der Waals surface area contributed by atoms with Gasteiger partial charge in [-0.1, -0.05) is 11.8 Å². The first-order valence-corrected chi connectivity index (χ1v) is 11.6. The van der Waals surface area contributed by atoms with Crippen LogP contribution in [0.15, 0.2) is 12.1 Å². The van der Waals surface area contributed by atoms with E-state index in [0.717, 1.165) is 49.2 Å². The quantitative estimate of drug-likeness (QED) is 0.727. The van der Waals surface area contributed by atoms with E-state index in [0.29, 0.717) is 43.4 Å². The van der Waals surface area contributed by atoms with Crippen molar-refractivity contribution in [3.63, 3.8) is 0 Å². The summed E-state index contributed by atoms with van der Waals surface area (Å²) in [6.45, 7) is 6.14. The van der Waals surface area contributed by atoms with Crippen molar-refractivity contribution in [3.05, 3.63) is 40.5 Å². The molecule has 3 fully saturated rings. The van der Waals surface area contributed by atoms with Crippen LogP contribution in [0.3, 0.4) is 0 Å². The molecule has 5 aliphatic rings. The molecule has 1 aromatic carbocycles. The molecule has 172 valence electrons. The third-order valence-electron chi connectivity index (χ3n) is 7.48. The van der Waals surface area contributed by atoms with Gasteiger partial charge in [-0.2, -0.15) is 0 Å². The van der Waals surface area contributed by atoms with E-state index in [-0.39, 0.29) is 17.8 Å². The number of aromatic nitrogens is 2. The summed E-state index contributed by atoms with van der Waals surface area (Å²) in [5.74, 6) is 6.19. The molecule has 7 rings (SSSR count). The standard InChI is InChI=1S/C25H27FN4O3/c1-25(4-7-33-25)3-2-15-12-19-18(13-20(15)26)16-10-17(11-16)30-21(14-29-5-8-32-9-6-29)22(23(27)31)28-24(19)30/h12-13,16-17H,4-11,14H2,1H3,(H2,27,31). The maximum atomic E-state index is 15.0. The van der Waals surface area contributed by atoms with Crippen LogP contribution in [-0.2, 0) is 16.0 Å². The Hall–Kier alpha value is -2.73. The van der Waals surface area contributed by atoms with E-state index in [1.807, 2.05) is 6.92 Å². The maximum Gasteiger partial charge on any atom is 0.269 e. The fourth-order valence-electron chi connectivity index (χ4n) is 5.34. The minimum Gasteiger partial charge on any atom is -0.379 e. The number of hydrogen-bond donors (Lipinski definition) is 1. The molecule has 2 aromatic rings. The number of carbonyl (C=O) groups excluding carboxylic acids is 1. The zero-order valence-electron chi connectivity index (χ0n) is 18.7. The Kier molecular flexibility index (Phi) is 4.84. The smallest absolute Gasteiger partial charge is 0.269 e. The van der Waals surface area contributed by atoms with Crippen molar-refractivity contribution in [3.8, 4) is 23.2 Å². The van der Waals surface area contributed by atoms with Crippen LogP contribution in [0.4, 0.5) is 4.39 Å². The van der Waals surface area contributed by atoms with E-state index in [1.54, 1.807) is 12.1 Å². The number of nitrogens with two attached hydrogens (primary N) is 1. The highest BCUT2D eigenvalue weighted by molar-refractivity contribution is 5.93.